The summed E-state index contributed by atoms with van der Waals surface area (Å²) < 4.78 is 5.05. The Morgan fingerprint density at radius 3 is 2.62 bits per heavy atom. The van der Waals surface area contributed by atoms with E-state index < -0.39 is 18.0 Å². The Kier molecular flexibility index (Phi) is 5.06. The lowest BCUT2D eigenvalue weighted by atomic mass is 10.1. The molecular weight excluding hydrogens is 340 g/mol. The molecule has 0 aromatic heterocycles. The normalized spacial score (nSPS) is 20.3. The molecule has 26 heavy (non-hydrogen) atoms. The third-order valence-corrected chi connectivity index (χ3v) is 4.45. The maximum atomic E-state index is 12.8. The summed E-state index contributed by atoms with van der Waals surface area (Å²) in [7, 11) is 1.52. The second-order valence-electron chi connectivity index (χ2n) is 6.06. The number of amides is 4. The highest BCUT2D eigenvalue weighted by Crippen LogP contribution is 2.22. The van der Waals surface area contributed by atoms with Gasteiger partial charge in [0.1, 0.15) is 18.1 Å². The van der Waals surface area contributed by atoms with Crippen LogP contribution in [0.1, 0.15) is 29.6 Å². The van der Waals surface area contributed by atoms with Gasteiger partial charge in [-0.3, -0.25) is 15.0 Å². The van der Waals surface area contributed by atoms with Crippen LogP contribution < -0.4 is 10.2 Å². The summed E-state index contributed by atoms with van der Waals surface area (Å²) in [4.78, 5) is 48.9. The van der Waals surface area contributed by atoms with Crippen molar-refractivity contribution in [3.63, 3.8) is 0 Å². The van der Waals surface area contributed by atoms with Crippen molar-refractivity contribution in [2.24, 2.45) is 0 Å². The van der Waals surface area contributed by atoms with Gasteiger partial charge >= 0.3 is 6.03 Å². The van der Waals surface area contributed by atoms with Gasteiger partial charge in [-0.2, -0.15) is 0 Å². The summed E-state index contributed by atoms with van der Waals surface area (Å²) in [6.07, 6.45) is 1.86. The molecule has 0 bridgehead atoms. The van der Waals surface area contributed by atoms with E-state index in [1.165, 1.54) is 12.1 Å². The number of fused-ring (bicyclic) bond motifs is 1. The Morgan fingerprint density at radius 2 is 1.96 bits per heavy atom. The molecule has 3 rings (SSSR count). The molecule has 0 aliphatic carbocycles. The first kappa shape index (κ1) is 17.7. The van der Waals surface area contributed by atoms with E-state index in [0.717, 1.165) is 10.0 Å². The summed E-state index contributed by atoms with van der Waals surface area (Å²) in [6.45, 7) is 0.424. The van der Waals surface area contributed by atoms with E-state index in [2.05, 4.69) is 5.43 Å². The van der Waals surface area contributed by atoms with Gasteiger partial charge in [0.25, 0.3) is 5.91 Å². The molecule has 0 spiro atoms. The number of methoxy groups -OCH3 is 1. The summed E-state index contributed by atoms with van der Waals surface area (Å²) in [6, 6.07) is 5.12. The topological polar surface area (TPSA) is 99.3 Å². The van der Waals surface area contributed by atoms with Crippen molar-refractivity contribution in [2.45, 2.75) is 25.3 Å². The average molecular weight is 360 g/mol. The lowest BCUT2D eigenvalue weighted by molar-refractivity contribution is -0.151. The number of aldehydes is 1. The highest BCUT2D eigenvalue weighted by atomic mass is 16.5. The first-order chi connectivity index (χ1) is 12.5. The quantitative estimate of drug-likeness (QED) is 0.792. The number of urea groups is 1. The molecule has 2 heterocycles. The maximum Gasteiger partial charge on any atom is 0.358 e. The highest BCUT2D eigenvalue weighted by molar-refractivity contribution is 5.96. The monoisotopic (exact) mass is 360 g/mol. The third kappa shape index (κ3) is 3.32. The molecule has 1 aromatic carbocycles. The van der Waals surface area contributed by atoms with E-state index >= 15 is 0 Å². The van der Waals surface area contributed by atoms with Gasteiger partial charge in [0.2, 0.25) is 5.91 Å². The smallest absolute Gasteiger partial charge is 0.358 e. The molecule has 1 N–H and O–H groups in total. The molecule has 0 radical (unpaired) electrons. The zero-order valence-corrected chi connectivity index (χ0v) is 14.4. The van der Waals surface area contributed by atoms with Crippen molar-refractivity contribution >= 4 is 24.1 Å². The number of rotatable bonds is 4. The van der Waals surface area contributed by atoms with Crippen molar-refractivity contribution in [3.05, 3.63) is 29.8 Å². The van der Waals surface area contributed by atoms with Gasteiger partial charge in [-0.05, 0) is 37.1 Å². The molecule has 4 amide bonds. The van der Waals surface area contributed by atoms with Crippen LogP contribution in [-0.4, -0.2) is 65.4 Å². The molecule has 138 valence electrons. The lowest BCUT2D eigenvalue weighted by Crippen LogP contribution is -2.61. The van der Waals surface area contributed by atoms with Gasteiger partial charge in [0.15, 0.2) is 0 Å². The number of benzene rings is 1. The van der Waals surface area contributed by atoms with Crippen LogP contribution in [0.4, 0.5) is 4.79 Å². The Hall–Kier alpha value is -3.10. The highest BCUT2D eigenvalue weighted by Gasteiger charge is 2.41. The van der Waals surface area contributed by atoms with Gasteiger partial charge in [0.05, 0.1) is 13.7 Å². The zero-order chi connectivity index (χ0) is 18.7. The minimum absolute atomic E-state index is 0.0398. The van der Waals surface area contributed by atoms with Crippen LogP contribution in [-0.2, 0) is 9.59 Å². The maximum absolute atomic E-state index is 12.8. The van der Waals surface area contributed by atoms with Gasteiger partial charge in [-0.25, -0.2) is 19.8 Å². The number of ether oxygens (including phenoxy) is 1. The van der Waals surface area contributed by atoms with Gasteiger partial charge in [-0.1, -0.05) is 0 Å². The van der Waals surface area contributed by atoms with Crippen LogP contribution in [0.3, 0.4) is 0 Å². The van der Waals surface area contributed by atoms with Gasteiger partial charge < -0.3 is 9.53 Å². The van der Waals surface area contributed by atoms with Crippen molar-refractivity contribution in [1.82, 2.24) is 20.5 Å². The summed E-state index contributed by atoms with van der Waals surface area (Å²) in [5, 5.41) is 3.55. The molecule has 2 aliphatic rings. The zero-order valence-electron chi connectivity index (χ0n) is 14.4. The predicted molar refractivity (Wildman–Crippen MR) is 89.8 cm³/mol. The van der Waals surface area contributed by atoms with Crippen LogP contribution in [0.5, 0.6) is 5.75 Å². The molecule has 2 fully saturated rings. The van der Waals surface area contributed by atoms with E-state index in [0.29, 0.717) is 37.0 Å². The molecule has 2 aliphatic heterocycles. The standard InChI is InChI=1S/C17H20N4O5/c1-26-14-6-4-12(5-7-14)16(24)18-19-10-8-15(23)20-9-2-3-13(11-22)21(20)17(19)25/h4-7,11,13H,2-3,8-10H2,1H3,(H,18,24)/t13-/m0/s1. The number of hydrazine groups is 2. The van der Waals surface area contributed by atoms with E-state index in [-0.39, 0.29) is 18.9 Å². The number of hydrogen-bond acceptors (Lipinski definition) is 5. The van der Waals surface area contributed by atoms with Gasteiger partial charge in [0, 0.05) is 18.5 Å². The third-order valence-electron chi connectivity index (χ3n) is 4.45. The van der Waals surface area contributed by atoms with E-state index in [9.17, 15) is 19.2 Å². The molecule has 0 saturated carbocycles. The minimum Gasteiger partial charge on any atom is -0.497 e. The largest absolute Gasteiger partial charge is 0.497 e. The molecule has 0 unspecified atom stereocenters. The van der Waals surface area contributed by atoms with Crippen LogP contribution in [0.25, 0.3) is 0 Å². The van der Waals surface area contributed by atoms with Crippen LogP contribution in [0.2, 0.25) is 0 Å². The van der Waals surface area contributed by atoms with Gasteiger partial charge in [-0.15, -0.1) is 0 Å². The molecule has 9 nitrogen and oxygen atoms in total. The van der Waals surface area contributed by atoms with E-state index in [4.69, 9.17) is 4.74 Å². The van der Waals surface area contributed by atoms with Crippen molar-refractivity contribution in [1.29, 1.82) is 0 Å². The lowest BCUT2D eigenvalue weighted by Gasteiger charge is -2.41. The van der Waals surface area contributed by atoms with E-state index in [1.54, 1.807) is 24.3 Å². The molecule has 2 saturated heterocycles. The summed E-state index contributed by atoms with van der Waals surface area (Å²) >= 11 is 0. The Labute approximate surface area is 150 Å². The van der Waals surface area contributed by atoms with Crippen molar-refractivity contribution < 1.29 is 23.9 Å². The fraction of sp³-hybridized carbons (Fsp3) is 0.412. The molecule has 9 heteroatoms. The number of carbonyl (C=O) groups excluding carboxylic acids is 4. The molecule has 1 atom stereocenters. The summed E-state index contributed by atoms with van der Waals surface area (Å²) in [5.41, 5.74) is 2.87. The Morgan fingerprint density at radius 1 is 1.23 bits per heavy atom. The number of nitrogens with one attached hydrogen (secondary N) is 1. The van der Waals surface area contributed by atoms with Crippen LogP contribution in [0.15, 0.2) is 24.3 Å². The second kappa shape index (κ2) is 7.42. The Bertz CT molecular complexity index is 720. The number of hydrogen-bond donors (Lipinski definition) is 1. The van der Waals surface area contributed by atoms with Crippen LogP contribution >= 0.6 is 0 Å². The minimum atomic E-state index is -0.710. The van der Waals surface area contributed by atoms with Crippen molar-refractivity contribution in [3.8, 4) is 5.75 Å². The number of carbonyl (C=O) groups is 4. The molecular formula is C17H20N4O5. The average Bonchev–Trinajstić information content (AvgIpc) is 2.80. The second-order valence-corrected chi connectivity index (χ2v) is 6.06. The predicted octanol–water partition coefficient (Wildman–Crippen LogP) is 0.573. The molecule has 1 aromatic rings. The van der Waals surface area contributed by atoms with E-state index in [1.807, 2.05) is 0 Å². The van der Waals surface area contributed by atoms with Crippen molar-refractivity contribution in [2.75, 3.05) is 20.2 Å². The fourth-order valence-corrected chi connectivity index (χ4v) is 3.06. The fourth-order valence-electron chi connectivity index (χ4n) is 3.06. The SMILES string of the molecule is COc1ccc(C(=O)NN2CCC(=O)N3CCC[C@@H](C=O)N3C2=O)cc1. The number of nitrogens with zero attached hydrogens (tertiary/aromatic N) is 3. The Balaban J connectivity index is 1.78. The first-order valence-electron chi connectivity index (χ1n) is 8.36. The summed E-state index contributed by atoms with van der Waals surface area (Å²) in [5.74, 6) is -0.122. The van der Waals surface area contributed by atoms with Crippen LogP contribution in [0, 0.1) is 0 Å². The first-order valence-corrected chi connectivity index (χ1v) is 8.36.